The number of fused-ring (bicyclic) bond motifs is 1. The number of carbonyl (C=O) groups excluding carboxylic acids is 2. The predicted molar refractivity (Wildman–Crippen MR) is 95.1 cm³/mol. The maximum Gasteiger partial charge on any atom is 0.253 e. The Hall–Kier alpha value is -2.70. The fourth-order valence-electron chi connectivity index (χ4n) is 3.39. The van der Waals surface area contributed by atoms with Gasteiger partial charge in [0.25, 0.3) is 5.91 Å². The molecule has 7 heteroatoms. The van der Waals surface area contributed by atoms with Crippen LogP contribution in [0.5, 0.6) is 0 Å². The molecule has 1 aliphatic heterocycles. The van der Waals surface area contributed by atoms with E-state index in [4.69, 9.17) is 0 Å². The molecule has 2 aromatic rings. The molecule has 0 radical (unpaired) electrons. The lowest BCUT2D eigenvalue weighted by Crippen LogP contribution is -2.43. The van der Waals surface area contributed by atoms with Gasteiger partial charge in [-0.2, -0.15) is 5.10 Å². The molecular weight excluding hydrogens is 330 g/mol. The highest BCUT2D eigenvalue weighted by molar-refractivity contribution is 5.93. The Kier molecular flexibility index (Phi) is 4.44. The predicted octanol–water partition coefficient (Wildman–Crippen LogP) is 1.66. The lowest BCUT2D eigenvalue weighted by atomic mass is 9.84. The van der Waals surface area contributed by atoms with Gasteiger partial charge in [0, 0.05) is 24.4 Å². The van der Waals surface area contributed by atoms with Crippen LogP contribution in [-0.4, -0.2) is 38.0 Å². The van der Waals surface area contributed by atoms with Gasteiger partial charge in [-0.25, -0.2) is 0 Å². The van der Waals surface area contributed by atoms with Crippen LogP contribution in [0.25, 0.3) is 0 Å². The van der Waals surface area contributed by atoms with Gasteiger partial charge in [-0.05, 0) is 38.0 Å². The Morgan fingerprint density at radius 1 is 1.27 bits per heavy atom. The van der Waals surface area contributed by atoms with E-state index in [1.54, 1.807) is 12.3 Å². The first-order chi connectivity index (χ1) is 12.6. The van der Waals surface area contributed by atoms with E-state index >= 15 is 0 Å². The van der Waals surface area contributed by atoms with Crippen LogP contribution in [0.1, 0.15) is 46.7 Å². The van der Waals surface area contributed by atoms with E-state index < -0.39 is 0 Å². The molecule has 136 valence electrons. The highest BCUT2D eigenvalue weighted by Crippen LogP contribution is 2.29. The number of hydrogen-bond donors (Lipinski definition) is 1. The molecule has 26 heavy (non-hydrogen) atoms. The van der Waals surface area contributed by atoms with Crippen molar-refractivity contribution in [1.82, 2.24) is 25.0 Å². The second kappa shape index (κ2) is 6.90. The highest BCUT2D eigenvalue weighted by Gasteiger charge is 2.31. The molecule has 1 N–H and O–H groups in total. The summed E-state index contributed by atoms with van der Waals surface area (Å²) in [6.45, 7) is 4.28. The largest absolute Gasteiger partial charge is 0.346 e. The number of rotatable bonds is 4. The van der Waals surface area contributed by atoms with Crippen LogP contribution < -0.4 is 5.32 Å². The van der Waals surface area contributed by atoms with E-state index in [0.29, 0.717) is 31.7 Å². The van der Waals surface area contributed by atoms with Crippen molar-refractivity contribution in [2.24, 2.45) is 5.92 Å². The van der Waals surface area contributed by atoms with E-state index in [-0.39, 0.29) is 17.7 Å². The van der Waals surface area contributed by atoms with Crippen molar-refractivity contribution in [1.29, 1.82) is 0 Å². The zero-order valence-corrected chi connectivity index (χ0v) is 14.9. The molecule has 0 bridgehead atoms. The topological polar surface area (TPSA) is 80.1 Å². The summed E-state index contributed by atoms with van der Waals surface area (Å²) >= 11 is 0. The van der Waals surface area contributed by atoms with Gasteiger partial charge in [-0.3, -0.25) is 19.3 Å². The van der Waals surface area contributed by atoms with Gasteiger partial charge >= 0.3 is 0 Å². The van der Waals surface area contributed by atoms with E-state index in [2.05, 4.69) is 15.4 Å². The fraction of sp³-hybridized carbons (Fsp3) is 0.474. The number of hydrogen-bond acceptors (Lipinski definition) is 4. The van der Waals surface area contributed by atoms with Gasteiger partial charge in [0.15, 0.2) is 0 Å². The van der Waals surface area contributed by atoms with E-state index in [1.165, 1.54) is 6.42 Å². The van der Waals surface area contributed by atoms with Crippen LogP contribution in [-0.2, 0) is 24.4 Å². The number of carbonyl (C=O) groups is 2. The average Bonchev–Trinajstić information content (AvgIpc) is 3.00. The average molecular weight is 353 g/mol. The van der Waals surface area contributed by atoms with Crippen molar-refractivity contribution in [3.8, 4) is 0 Å². The van der Waals surface area contributed by atoms with Crippen LogP contribution in [0.3, 0.4) is 0 Å². The minimum Gasteiger partial charge on any atom is -0.346 e. The third-order valence-corrected chi connectivity index (χ3v) is 5.22. The molecule has 1 saturated carbocycles. The van der Waals surface area contributed by atoms with Gasteiger partial charge in [0.2, 0.25) is 5.91 Å². The van der Waals surface area contributed by atoms with Crippen molar-refractivity contribution < 1.29 is 9.59 Å². The molecule has 0 saturated heterocycles. The molecule has 2 aromatic heterocycles. The van der Waals surface area contributed by atoms with E-state index in [1.807, 2.05) is 28.6 Å². The smallest absolute Gasteiger partial charge is 0.253 e. The lowest BCUT2D eigenvalue weighted by molar-refractivity contribution is -0.139. The van der Waals surface area contributed by atoms with Gasteiger partial charge in [-0.15, -0.1) is 0 Å². The first-order valence-corrected chi connectivity index (χ1v) is 9.15. The highest BCUT2D eigenvalue weighted by atomic mass is 16.2. The summed E-state index contributed by atoms with van der Waals surface area (Å²) in [4.78, 5) is 30.7. The molecule has 7 nitrogen and oxygen atoms in total. The molecule has 3 heterocycles. The molecule has 2 aliphatic rings. The zero-order chi connectivity index (χ0) is 18.1. The Labute approximate surface area is 152 Å². The molecule has 0 atom stereocenters. The summed E-state index contributed by atoms with van der Waals surface area (Å²) < 4.78 is 1.94. The van der Waals surface area contributed by atoms with Crippen LogP contribution in [0.4, 0.5) is 0 Å². The number of nitrogens with zero attached hydrogens (tertiary/aromatic N) is 4. The summed E-state index contributed by atoms with van der Waals surface area (Å²) in [5, 5.41) is 7.43. The SMILES string of the molecule is Cc1ccc(C(=O)NCc2cc3n(n2)CCN(C(=O)C2CCC2)C3)cn1. The normalized spacial score (nSPS) is 16.7. The molecule has 1 fully saturated rings. The van der Waals surface area contributed by atoms with E-state index in [9.17, 15) is 9.59 Å². The summed E-state index contributed by atoms with van der Waals surface area (Å²) in [7, 11) is 0. The van der Waals surface area contributed by atoms with Crippen LogP contribution >= 0.6 is 0 Å². The van der Waals surface area contributed by atoms with Crippen molar-refractivity contribution in [3.05, 3.63) is 47.0 Å². The molecule has 2 amide bonds. The molecule has 4 rings (SSSR count). The van der Waals surface area contributed by atoms with Crippen LogP contribution in [0.15, 0.2) is 24.4 Å². The molecule has 1 aliphatic carbocycles. The van der Waals surface area contributed by atoms with Crippen molar-refractivity contribution >= 4 is 11.8 Å². The molecule has 0 unspecified atom stereocenters. The summed E-state index contributed by atoms with van der Waals surface area (Å²) in [5.74, 6) is 0.349. The van der Waals surface area contributed by atoms with Gasteiger partial charge in [0.05, 0.1) is 36.6 Å². The van der Waals surface area contributed by atoms with Gasteiger partial charge < -0.3 is 10.2 Å². The van der Waals surface area contributed by atoms with Crippen molar-refractivity contribution in [2.75, 3.05) is 6.54 Å². The van der Waals surface area contributed by atoms with Crippen LogP contribution in [0.2, 0.25) is 0 Å². The second-order valence-electron chi connectivity index (χ2n) is 7.11. The number of amides is 2. The third kappa shape index (κ3) is 3.34. The first kappa shape index (κ1) is 16.8. The Balaban J connectivity index is 1.36. The van der Waals surface area contributed by atoms with Crippen molar-refractivity contribution in [2.45, 2.75) is 45.8 Å². The Morgan fingerprint density at radius 2 is 2.12 bits per heavy atom. The summed E-state index contributed by atoms with van der Waals surface area (Å²) in [6, 6.07) is 5.56. The Morgan fingerprint density at radius 3 is 2.81 bits per heavy atom. The fourth-order valence-corrected chi connectivity index (χ4v) is 3.39. The number of aryl methyl sites for hydroxylation is 1. The van der Waals surface area contributed by atoms with Gasteiger partial charge in [0.1, 0.15) is 0 Å². The molecular formula is C19H23N5O2. The number of nitrogens with one attached hydrogen (secondary N) is 1. The molecule has 0 spiro atoms. The van der Waals surface area contributed by atoms with E-state index in [0.717, 1.165) is 29.9 Å². The number of pyridine rings is 1. The second-order valence-corrected chi connectivity index (χ2v) is 7.11. The summed E-state index contributed by atoms with van der Waals surface area (Å²) in [5.41, 5.74) is 3.26. The third-order valence-electron chi connectivity index (χ3n) is 5.22. The lowest BCUT2D eigenvalue weighted by Gasteiger charge is -2.34. The zero-order valence-electron chi connectivity index (χ0n) is 14.9. The molecule has 0 aromatic carbocycles. The van der Waals surface area contributed by atoms with Gasteiger partial charge in [-0.1, -0.05) is 6.42 Å². The maximum atomic E-state index is 12.4. The first-order valence-electron chi connectivity index (χ1n) is 9.15. The minimum absolute atomic E-state index is 0.162. The maximum absolute atomic E-state index is 12.4. The monoisotopic (exact) mass is 353 g/mol. The number of aromatic nitrogens is 3. The minimum atomic E-state index is -0.162. The standard InChI is InChI=1S/C19H23N5O2/c1-13-5-6-15(10-20-13)18(25)21-11-16-9-17-12-23(7-8-24(17)22-16)19(26)14-3-2-4-14/h5-6,9-10,14H,2-4,7-8,11-12H2,1H3,(H,21,25). The Bertz CT molecular complexity index is 823. The van der Waals surface area contributed by atoms with Crippen molar-refractivity contribution in [3.63, 3.8) is 0 Å². The van der Waals surface area contributed by atoms with Crippen LogP contribution in [0, 0.1) is 12.8 Å². The summed E-state index contributed by atoms with van der Waals surface area (Å²) in [6.07, 6.45) is 4.80. The quantitative estimate of drug-likeness (QED) is 0.906.